The van der Waals surface area contributed by atoms with Crippen LogP contribution in [0.3, 0.4) is 0 Å². The highest BCUT2D eigenvalue weighted by atomic mass is 79.9. The summed E-state index contributed by atoms with van der Waals surface area (Å²) >= 11 is 3.13. The fraction of sp³-hybridized carbons (Fsp3) is 0.333. The predicted molar refractivity (Wildman–Crippen MR) is 72.7 cm³/mol. The van der Waals surface area contributed by atoms with Crippen LogP contribution >= 0.6 is 15.9 Å². The van der Waals surface area contributed by atoms with Crippen molar-refractivity contribution in [3.8, 4) is 0 Å². The Morgan fingerprint density at radius 3 is 2.58 bits per heavy atom. The molecule has 104 valence electrons. The monoisotopic (exact) mass is 331 g/mol. The Morgan fingerprint density at radius 1 is 1.47 bits per heavy atom. The van der Waals surface area contributed by atoms with Gasteiger partial charge < -0.3 is 10.6 Å². The van der Waals surface area contributed by atoms with Gasteiger partial charge >= 0.3 is 0 Å². The van der Waals surface area contributed by atoms with Crippen LogP contribution < -0.4 is 11.1 Å². The Labute approximate surface area is 119 Å². The first-order chi connectivity index (χ1) is 8.82. The van der Waals surface area contributed by atoms with E-state index in [4.69, 9.17) is 5.73 Å². The van der Waals surface area contributed by atoms with E-state index in [1.165, 1.54) is 17.0 Å². The lowest BCUT2D eigenvalue weighted by atomic mass is 10.1. The lowest BCUT2D eigenvalue weighted by Gasteiger charge is -2.18. The van der Waals surface area contributed by atoms with Crippen LogP contribution in [0.4, 0.5) is 4.39 Å². The first kappa shape index (κ1) is 15.6. The van der Waals surface area contributed by atoms with Gasteiger partial charge in [0.15, 0.2) is 0 Å². The zero-order valence-corrected chi connectivity index (χ0v) is 12.2. The Balaban J connectivity index is 2.89. The number of likely N-dealkylation sites (N-methyl/N-ethyl adjacent to an activating group) is 1. The van der Waals surface area contributed by atoms with E-state index in [9.17, 15) is 14.0 Å². The van der Waals surface area contributed by atoms with Crippen molar-refractivity contribution >= 4 is 27.7 Å². The molecule has 0 unspecified atom stereocenters. The maximum atomic E-state index is 13.8. The third kappa shape index (κ3) is 4.29. The standard InChI is InChI=1S/C12H15BrFN3O2/c1-17(2)10(18)6-16-11(12(15)19)8-4-3-7(13)5-9(8)14/h3-5,11,16H,6H2,1-2H3,(H2,15,19)/t11-/m1/s1. The summed E-state index contributed by atoms with van der Waals surface area (Å²) < 4.78 is 14.3. The van der Waals surface area contributed by atoms with Crippen molar-refractivity contribution in [1.29, 1.82) is 0 Å². The average Bonchev–Trinajstić information content (AvgIpc) is 2.30. The first-order valence-corrected chi connectivity index (χ1v) is 6.30. The molecule has 0 saturated carbocycles. The summed E-state index contributed by atoms with van der Waals surface area (Å²) in [6.07, 6.45) is 0. The molecule has 0 radical (unpaired) electrons. The van der Waals surface area contributed by atoms with Crippen LogP contribution in [-0.4, -0.2) is 37.4 Å². The molecule has 7 heteroatoms. The van der Waals surface area contributed by atoms with Gasteiger partial charge in [0.05, 0.1) is 6.54 Å². The molecule has 5 nitrogen and oxygen atoms in total. The molecule has 0 heterocycles. The summed E-state index contributed by atoms with van der Waals surface area (Å²) in [5.41, 5.74) is 5.35. The second-order valence-electron chi connectivity index (χ2n) is 4.17. The maximum Gasteiger partial charge on any atom is 0.239 e. The number of carbonyl (C=O) groups is 2. The van der Waals surface area contributed by atoms with Crippen molar-refractivity contribution < 1.29 is 14.0 Å². The number of nitrogens with zero attached hydrogens (tertiary/aromatic N) is 1. The number of hydrogen-bond acceptors (Lipinski definition) is 3. The van der Waals surface area contributed by atoms with Crippen LogP contribution in [0.25, 0.3) is 0 Å². The van der Waals surface area contributed by atoms with E-state index in [0.29, 0.717) is 4.47 Å². The number of hydrogen-bond donors (Lipinski definition) is 2. The minimum atomic E-state index is -1.04. The van der Waals surface area contributed by atoms with E-state index < -0.39 is 17.8 Å². The third-order valence-electron chi connectivity index (χ3n) is 2.51. The van der Waals surface area contributed by atoms with Crippen LogP contribution in [0.15, 0.2) is 22.7 Å². The van der Waals surface area contributed by atoms with Gasteiger partial charge in [0.1, 0.15) is 11.9 Å². The van der Waals surface area contributed by atoms with E-state index in [-0.39, 0.29) is 18.0 Å². The highest BCUT2D eigenvalue weighted by Crippen LogP contribution is 2.21. The number of rotatable bonds is 5. The highest BCUT2D eigenvalue weighted by molar-refractivity contribution is 9.10. The molecule has 2 amide bonds. The lowest BCUT2D eigenvalue weighted by molar-refractivity contribution is -0.128. The number of primary amides is 1. The smallest absolute Gasteiger partial charge is 0.239 e. The minimum Gasteiger partial charge on any atom is -0.368 e. The SMILES string of the molecule is CN(C)C(=O)CN[C@@H](C(N)=O)c1ccc(Br)cc1F. The van der Waals surface area contributed by atoms with Crippen molar-refractivity contribution in [2.75, 3.05) is 20.6 Å². The number of nitrogens with two attached hydrogens (primary N) is 1. The van der Waals surface area contributed by atoms with E-state index >= 15 is 0 Å². The fourth-order valence-electron chi connectivity index (χ4n) is 1.45. The van der Waals surface area contributed by atoms with Crippen LogP contribution in [0, 0.1) is 5.82 Å². The van der Waals surface area contributed by atoms with Gasteiger partial charge in [-0.25, -0.2) is 4.39 Å². The van der Waals surface area contributed by atoms with Crippen molar-refractivity contribution in [2.45, 2.75) is 6.04 Å². The molecular weight excluding hydrogens is 317 g/mol. The normalized spacial score (nSPS) is 12.0. The largest absolute Gasteiger partial charge is 0.368 e. The molecule has 0 aliphatic rings. The summed E-state index contributed by atoms with van der Waals surface area (Å²) in [4.78, 5) is 24.2. The summed E-state index contributed by atoms with van der Waals surface area (Å²) in [7, 11) is 3.17. The molecule has 0 aliphatic carbocycles. The van der Waals surface area contributed by atoms with Crippen LogP contribution in [0.5, 0.6) is 0 Å². The molecule has 19 heavy (non-hydrogen) atoms. The molecule has 0 spiro atoms. The fourth-order valence-corrected chi connectivity index (χ4v) is 1.78. The van der Waals surface area contributed by atoms with Gasteiger partial charge in [-0.15, -0.1) is 0 Å². The van der Waals surface area contributed by atoms with Crippen LogP contribution in [0.2, 0.25) is 0 Å². The second kappa shape index (κ2) is 6.63. The molecule has 0 saturated heterocycles. The molecular formula is C12H15BrFN3O2. The zero-order valence-electron chi connectivity index (χ0n) is 10.6. The third-order valence-corrected chi connectivity index (χ3v) is 3.01. The molecule has 0 aromatic heterocycles. The lowest BCUT2D eigenvalue weighted by Crippen LogP contribution is -2.40. The topological polar surface area (TPSA) is 75.4 Å². The summed E-state index contributed by atoms with van der Waals surface area (Å²) in [6.45, 7) is -0.101. The summed E-state index contributed by atoms with van der Waals surface area (Å²) in [5, 5.41) is 2.66. The Bertz CT molecular complexity index is 494. The summed E-state index contributed by atoms with van der Waals surface area (Å²) in [6, 6.07) is 3.24. The van der Waals surface area contributed by atoms with Crippen molar-refractivity contribution in [3.63, 3.8) is 0 Å². The van der Waals surface area contributed by atoms with E-state index in [1.807, 2.05) is 0 Å². The second-order valence-corrected chi connectivity index (χ2v) is 5.09. The highest BCUT2D eigenvalue weighted by Gasteiger charge is 2.22. The molecule has 0 aliphatic heterocycles. The molecule has 1 rings (SSSR count). The predicted octanol–water partition coefficient (Wildman–Crippen LogP) is 0.792. The number of benzene rings is 1. The summed E-state index contributed by atoms with van der Waals surface area (Å²) in [5.74, 6) is -1.54. The van der Waals surface area contributed by atoms with E-state index in [1.54, 1.807) is 20.2 Å². The van der Waals surface area contributed by atoms with Gasteiger partial charge in [0.25, 0.3) is 0 Å². The maximum absolute atomic E-state index is 13.8. The van der Waals surface area contributed by atoms with Crippen molar-refractivity contribution in [2.24, 2.45) is 5.73 Å². The Hall–Kier alpha value is -1.47. The van der Waals surface area contributed by atoms with Gasteiger partial charge in [-0.05, 0) is 12.1 Å². The number of halogens is 2. The number of amides is 2. The number of nitrogens with one attached hydrogen (secondary N) is 1. The van der Waals surface area contributed by atoms with Gasteiger partial charge in [-0.2, -0.15) is 0 Å². The minimum absolute atomic E-state index is 0.101. The Morgan fingerprint density at radius 2 is 2.11 bits per heavy atom. The molecule has 0 fully saturated rings. The van der Waals surface area contributed by atoms with E-state index in [0.717, 1.165) is 0 Å². The Kier molecular flexibility index (Phi) is 5.44. The van der Waals surface area contributed by atoms with Crippen molar-refractivity contribution in [1.82, 2.24) is 10.2 Å². The number of carbonyl (C=O) groups excluding carboxylic acids is 2. The van der Waals surface area contributed by atoms with Gasteiger partial charge in [0.2, 0.25) is 11.8 Å². The van der Waals surface area contributed by atoms with Crippen LogP contribution in [-0.2, 0) is 9.59 Å². The zero-order chi connectivity index (χ0) is 14.6. The molecule has 1 atom stereocenters. The molecule has 3 N–H and O–H groups in total. The van der Waals surface area contributed by atoms with Gasteiger partial charge in [-0.3, -0.25) is 14.9 Å². The van der Waals surface area contributed by atoms with E-state index in [2.05, 4.69) is 21.2 Å². The van der Waals surface area contributed by atoms with Gasteiger partial charge in [-0.1, -0.05) is 22.0 Å². The molecule has 1 aromatic rings. The average molecular weight is 332 g/mol. The quantitative estimate of drug-likeness (QED) is 0.837. The van der Waals surface area contributed by atoms with Gasteiger partial charge in [0, 0.05) is 24.1 Å². The first-order valence-electron chi connectivity index (χ1n) is 5.50. The van der Waals surface area contributed by atoms with Crippen LogP contribution in [0.1, 0.15) is 11.6 Å². The molecule has 0 bridgehead atoms. The van der Waals surface area contributed by atoms with Crippen molar-refractivity contribution in [3.05, 3.63) is 34.1 Å². The molecule has 1 aromatic carbocycles.